The molecule has 0 saturated carbocycles. The van der Waals surface area contributed by atoms with Crippen molar-refractivity contribution in [2.45, 2.75) is 12.2 Å². The maximum Gasteiger partial charge on any atom is 0.471 e. The number of carbonyl (C=O) groups excluding carboxylic acids is 1. The van der Waals surface area contributed by atoms with Gasteiger partial charge in [-0.2, -0.15) is 13.2 Å². The lowest BCUT2D eigenvalue weighted by Crippen LogP contribution is -2.43. The zero-order valence-corrected chi connectivity index (χ0v) is 10.4. The van der Waals surface area contributed by atoms with Crippen molar-refractivity contribution in [1.82, 2.24) is 4.90 Å². The van der Waals surface area contributed by atoms with Crippen LogP contribution in [0.4, 0.5) is 13.2 Å². The summed E-state index contributed by atoms with van der Waals surface area (Å²) in [6, 6.07) is 3.55. The van der Waals surface area contributed by atoms with Gasteiger partial charge in [-0.25, -0.2) is 4.79 Å². The van der Waals surface area contributed by atoms with Gasteiger partial charge >= 0.3 is 18.1 Å². The van der Waals surface area contributed by atoms with Crippen LogP contribution < -0.4 is 0 Å². The standard InChI is InChI=1S/C11H9ClF3NO3/c1-16(10(19)11(13,14)15)8(9(17)18)6-3-2-4-7(12)5-6/h2-5,8H,1H3,(H,17,18). The Bertz CT molecular complexity index is 504. The maximum atomic E-state index is 12.3. The van der Waals surface area contributed by atoms with Crippen molar-refractivity contribution in [1.29, 1.82) is 0 Å². The van der Waals surface area contributed by atoms with Gasteiger partial charge in [0.1, 0.15) is 0 Å². The zero-order valence-electron chi connectivity index (χ0n) is 9.61. The molecule has 1 rings (SSSR count). The first-order valence-corrected chi connectivity index (χ1v) is 5.34. The van der Waals surface area contributed by atoms with E-state index in [1.54, 1.807) is 0 Å². The van der Waals surface area contributed by atoms with Crippen LogP contribution in [0.25, 0.3) is 0 Å². The fraction of sp³-hybridized carbons (Fsp3) is 0.273. The minimum atomic E-state index is -5.14. The van der Waals surface area contributed by atoms with Crippen LogP contribution >= 0.6 is 11.6 Å². The minimum absolute atomic E-state index is 0.0138. The van der Waals surface area contributed by atoms with Crippen molar-refractivity contribution < 1.29 is 27.9 Å². The molecule has 0 radical (unpaired) electrons. The van der Waals surface area contributed by atoms with Crippen molar-refractivity contribution in [2.24, 2.45) is 0 Å². The molecule has 0 heterocycles. The van der Waals surface area contributed by atoms with Crippen molar-refractivity contribution in [3.05, 3.63) is 34.9 Å². The highest BCUT2D eigenvalue weighted by Gasteiger charge is 2.45. The van der Waals surface area contributed by atoms with Gasteiger partial charge < -0.3 is 10.0 Å². The molecule has 0 saturated heterocycles. The summed E-state index contributed by atoms with van der Waals surface area (Å²) in [5, 5.41) is 9.16. The Morgan fingerprint density at radius 1 is 1.37 bits per heavy atom. The number of benzene rings is 1. The smallest absolute Gasteiger partial charge is 0.471 e. The lowest BCUT2D eigenvalue weighted by molar-refractivity contribution is -0.188. The Hall–Kier alpha value is -1.76. The number of aliphatic carboxylic acids is 1. The summed E-state index contributed by atoms with van der Waals surface area (Å²) < 4.78 is 36.9. The van der Waals surface area contributed by atoms with Gasteiger partial charge in [-0.15, -0.1) is 0 Å². The first kappa shape index (κ1) is 15.3. The van der Waals surface area contributed by atoms with Gasteiger partial charge in [0.25, 0.3) is 0 Å². The molecule has 0 aliphatic carbocycles. The molecule has 0 aliphatic heterocycles. The third kappa shape index (κ3) is 3.60. The Morgan fingerprint density at radius 2 is 1.95 bits per heavy atom. The number of carboxylic acid groups (broad SMARTS) is 1. The second-order valence-corrected chi connectivity index (χ2v) is 4.15. The second-order valence-electron chi connectivity index (χ2n) is 3.71. The molecule has 0 spiro atoms. The third-order valence-corrected chi connectivity index (χ3v) is 2.58. The number of alkyl halides is 3. The van der Waals surface area contributed by atoms with Gasteiger partial charge in [-0.1, -0.05) is 23.7 Å². The van der Waals surface area contributed by atoms with Crippen molar-refractivity contribution in [2.75, 3.05) is 7.05 Å². The molecule has 1 aromatic carbocycles. The number of hydrogen-bond donors (Lipinski definition) is 1. The predicted octanol–water partition coefficient (Wildman–Crippen LogP) is 2.49. The molecule has 8 heteroatoms. The van der Waals surface area contributed by atoms with E-state index in [0.29, 0.717) is 0 Å². The average molecular weight is 296 g/mol. The molecule has 0 bridgehead atoms. The molecule has 0 aromatic heterocycles. The van der Waals surface area contributed by atoms with Crippen LogP contribution in [0.1, 0.15) is 11.6 Å². The van der Waals surface area contributed by atoms with Crippen LogP contribution in [0.2, 0.25) is 5.02 Å². The summed E-state index contributed by atoms with van der Waals surface area (Å²) in [6.07, 6.45) is -5.14. The van der Waals surface area contributed by atoms with E-state index in [9.17, 15) is 22.8 Å². The normalized spacial score (nSPS) is 12.9. The average Bonchev–Trinajstić information content (AvgIpc) is 2.26. The first-order valence-electron chi connectivity index (χ1n) is 4.97. The highest BCUT2D eigenvalue weighted by molar-refractivity contribution is 6.30. The predicted molar refractivity (Wildman–Crippen MR) is 60.7 cm³/mol. The summed E-state index contributed by atoms with van der Waals surface area (Å²) in [7, 11) is 0.773. The molecule has 104 valence electrons. The Kier molecular flexibility index (Phi) is 4.41. The first-order chi connectivity index (χ1) is 8.64. The second kappa shape index (κ2) is 5.48. The Labute approximate surface area is 111 Å². The number of rotatable bonds is 3. The Morgan fingerprint density at radius 3 is 2.37 bits per heavy atom. The molecule has 0 fully saturated rings. The van der Waals surface area contributed by atoms with Crippen LogP contribution in [-0.4, -0.2) is 35.1 Å². The van der Waals surface area contributed by atoms with Gasteiger partial charge in [-0.3, -0.25) is 4.79 Å². The fourth-order valence-electron chi connectivity index (χ4n) is 1.53. The van der Waals surface area contributed by atoms with E-state index in [0.717, 1.165) is 7.05 Å². The quantitative estimate of drug-likeness (QED) is 0.932. The van der Waals surface area contributed by atoms with Gasteiger partial charge in [0.2, 0.25) is 0 Å². The minimum Gasteiger partial charge on any atom is -0.479 e. The van der Waals surface area contributed by atoms with Crippen LogP contribution in [0.15, 0.2) is 24.3 Å². The summed E-state index contributed by atoms with van der Waals surface area (Å²) >= 11 is 5.65. The van der Waals surface area contributed by atoms with Crippen LogP contribution in [-0.2, 0) is 9.59 Å². The van der Waals surface area contributed by atoms with Crippen molar-refractivity contribution >= 4 is 23.5 Å². The molecule has 1 amide bonds. The maximum absolute atomic E-state index is 12.3. The number of amides is 1. The van der Waals surface area contributed by atoms with E-state index in [-0.39, 0.29) is 15.5 Å². The molecule has 4 nitrogen and oxygen atoms in total. The topological polar surface area (TPSA) is 57.6 Å². The highest BCUT2D eigenvalue weighted by atomic mass is 35.5. The summed E-state index contributed by atoms with van der Waals surface area (Å²) in [4.78, 5) is 22.3. The van der Waals surface area contributed by atoms with E-state index < -0.39 is 24.1 Å². The molecule has 1 aromatic rings. The van der Waals surface area contributed by atoms with Crippen molar-refractivity contribution in [3.8, 4) is 0 Å². The van der Waals surface area contributed by atoms with Gasteiger partial charge in [0.15, 0.2) is 6.04 Å². The number of nitrogens with zero attached hydrogens (tertiary/aromatic N) is 1. The number of carboxylic acids is 1. The molecular weight excluding hydrogens is 287 g/mol. The molecule has 0 aliphatic rings. The summed E-state index contributed by atoms with van der Waals surface area (Å²) in [5.74, 6) is -3.82. The SMILES string of the molecule is CN(C(=O)C(F)(F)F)C(C(=O)O)c1cccc(Cl)c1. The van der Waals surface area contributed by atoms with Gasteiger partial charge in [0.05, 0.1) is 0 Å². The van der Waals surface area contributed by atoms with E-state index in [1.165, 1.54) is 24.3 Å². The highest BCUT2D eigenvalue weighted by Crippen LogP contribution is 2.27. The molecule has 1 atom stereocenters. The molecule has 1 N–H and O–H groups in total. The zero-order chi connectivity index (χ0) is 14.8. The van der Waals surface area contributed by atoms with Crippen LogP contribution in [0.3, 0.4) is 0 Å². The van der Waals surface area contributed by atoms with Gasteiger partial charge in [-0.05, 0) is 17.7 Å². The summed E-state index contributed by atoms with van der Waals surface area (Å²) in [6.45, 7) is 0. The fourth-order valence-corrected chi connectivity index (χ4v) is 1.72. The van der Waals surface area contributed by atoms with E-state index >= 15 is 0 Å². The van der Waals surface area contributed by atoms with E-state index in [2.05, 4.69) is 0 Å². The van der Waals surface area contributed by atoms with E-state index in [4.69, 9.17) is 16.7 Å². The number of halogens is 4. The van der Waals surface area contributed by atoms with Crippen molar-refractivity contribution in [3.63, 3.8) is 0 Å². The molecule has 1 unspecified atom stereocenters. The number of hydrogen-bond acceptors (Lipinski definition) is 2. The van der Waals surface area contributed by atoms with Gasteiger partial charge in [0, 0.05) is 12.1 Å². The molecule has 19 heavy (non-hydrogen) atoms. The summed E-state index contributed by atoms with van der Waals surface area (Å²) in [5.41, 5.74) is -0.0138. The number of carbonyl (C=O) groups is 2. The Balaban J connectivity index is 3.16. The lowest BCUT2D eigenvalue weighted by Gasteiger charge is -2.26. The monoisotopic (exact) mass is 295 g/mol. The largest absolute Gasteiger partial charge is 0.479 e. The third-order valence-electron chi connectivity index (χ3n) is 2.35. The molecular formula is C11H9ClF3NO3. The lowest BCUT2D eigenvalue weighted by atomic mass is 10.1. The van der Waals surface area contributed by atoms with Crippen LogP contribution in [0.5, 0.6) is 0 Å². The number of likely N-dealkylation sites (N-methyl/N-ethyl adjacent to an activating group) is 1. The van der Waals surface area contributed by atoms with E-state index in [1.807, 2.05) is 0 Å². The van der Waals surface area contributed by atoms with Crippen LogP contribution in [0, 0.1) is 0 Å².